The Morgan fingerprint density at radius 3 is 2.29 bits per heavy atom. The van der Waals surface area contributed by atoms with Gasteiger partial charge in [0.1, 0.15) is 5.75 Å². The number of rotatable bonds is 6. The number of hydrogen-bond donors (Lipinski definition) is 2. The molecule has 0 saturated carbocycles. The van der Waals surface area contributed by atoms with Crippen LogP contribution in [-0.4, -0.2) is 24.7 Å². The van der Waals surface area contributed by atoms with E-state index in [0.717, 1.165) is 4.88 Å². The Bertz CT molecular complexity index is 981. The fraction of sp³-hybridized carbons (Fsp3) is 0.0952. The van der Waals surface area contributed by atoms with Crippen LogP contribution in [0.3, 0.4) is 0 Å². The van der Waals surface area contributed by atoms with Gasteiger partial charge in [0.2, 0.25) is 5.78 Å². The second-order valence-corrected chi connectivity index (χ2v) is 6.99. The maximum Gasteiger partial charge on any atom is 0.313 e. The predicted molar refractivity (Wildman–Crippen MR) is 108 cm³/mol. The van der Waals surface area contributed by atoms with Crippen molar-refractivity contribution in [2.24, 2.45) is 0 Å². The van der Waals surface area contributed by atoms with E-state index in [1.165, 1.54) is 11.3 Å². The Morgan fingerprint density at radius 1 is 0.893 bits per heavy atom. The Hall–Kier alpha value is -3.45. The highest BCUT2D eigenvalue weighted by Crippen LogP contribution is 2.20. The van der Waals surface area contributed by atoms with E-state index in [1.807, 2.05) is 18.2 Å². The highest BCUT2D eigenvalue weighted by atomic mass is 32.1. The van der Waals surface area contributed by atoms with Crippen molar-refractivity contribution >= 4 is 34.6 Å². The monoisotopic (exact) mass is 394 g/mol. The van der Waals surface area contributed by atoms with Gasteiger partial charge in [-0.2, -0.15) is 0 Å². The number of anilines is 1. The number of methoxy groups -OCH3 is 1. The van der Waals surface area contributed by atoms with Crippen LogP contribution < -0.4 is 15.4 Å². The van der Waals surface area contributed by atoms with Gasteiger partial charge in [0.15, 0.2) is 0 Å². The number of ether oxygens (including phenoxy) is 1. The molecule has 6 nitrogen and oxygen atoms in total. The van der Waals surface area contributed by atoms with Gasteiger partial charge in [-0.05, 0) is 36.4 Å². The summed E-state index contributed by atoms with van der Waals surface area (Å²) < 4.78 is 5.04. The first-order valence-electron chi connectivity index (χ1n) is 8.48. The molecule has 0 fully saturated rings. The van der Waals surface area contributed by atoms with E-state index < -0.39 is 11.8 Å². The molecular weight excluding hydrogens is 376 g/mol. The van der Waals surface area contributed by atoms with E-state index in [9.17, 15) is 14.4 Å². The van der Waals surface area contributed by atoms with Gasteiger partial charge in [-0.15, -0.1) is 11.3 Å². The number of amides is 2. The van der Waals surface area contributed by atoms with Crippen molar-refractivity contribution in [1.29, 1.82) is 0 Å². The number of hydrogen-bond acceptors (Lipinski definition) is 5. The molecule has 0 aliphatic carbocycles. The van der Waals surface area contributed by atoms with E-state index in [2.05, 4.69) is 10.6 Å². The molecule has 0 saturated heterocycles. The Morgan fingerprint density at radius 2 is 1.61 bits per heavy atom. The van der Waals surface area contributed by atoms with Gasteiger partial charge in [-0.1, -0.05) is 30.3 Å². The molecule has 1 heterocycles. The summed E-state index contributed by atoms with van der Waals surface area (Å²) in [6, 6.07) is 19.1. The third-order valence-corrected chi connectivity index (χ3v) is 4.98. The largest absolute Gasteiger partial charge is 0.497 e. The number of nitrogens with one attached hydrogen (secondary N) is 2. The number of ketones is 1. The van der Waals surface area contributed by atoms with Crippen molar-refractivity contribution in [2.45, 2.75) is 6.54 Å². The molecule has 0 bridgehead atoms. The van der Waals surface area contributed by atoms with Gasteiger partial charge in [0.25, 0.3) is 0 Å². The standard InChI is InChI=1S/C21H18N2O4S/c1-27-16-9-7-15(8-10-16)23-21(26)20(25)22-13-17-11-12-18(28-17)19(24)14-5-3-2-4-6-14/h2-12H,13H2,1H3,(H,22,25)(H,23,26). The lowest BCUT2D eigenvalue weighted by molar-refractivity contribution is -0.136. The smallest absolute Gasteiger partial charge is 0.313 e. The molecule has 0 atom stereocenters. The van der Waals surface area contributed by atoms with Gasteiger partial charge in [0.05, 0.1) is 18.5 Å². The number of benzene rings is 2. The third-order valence-electron chi connectivity index (χ3n) is 3.90. The van der Waals surface area contributed by atoms with Crippen LogP contribution in [0, 0.1) is 0 Å². The Labute approximate surface area is 166 Å². The lowest BCUT2D eigenvalue weighted by Crippen LogP contribution is -2.34. The SMILES string of the molecule is COc1ccc(NC(=O)C(=O)NCc2ccc(C(=O)c3ccccc3)s2)cc1. The lowest BCUT2D eigenvalue weighted by Gasteiger charge is -2.06. The predicted octanol–water partition coefficient (Wildman–Crippen LogP) is 3.24. The molecule has 28 heavy (non-hydrogen) atoms. The highest BCUT2D eigenvalue weighted by molar-refractivity contribution is 7.14. The normalized spacial score (nSPS) is 10.2. The summed E-state index contributed by atoms with van der Waals surface area (Å²) in [6.45, 7) is 0.168. The fourth-order valence-electron chi connectivity index (χ4n) is 2.44. The average Bonchev–Trinajstić information content (AvgIpc) is 3.21. The van der Waals surface area contributed by atoms with Crippen LogP contribution in [0.1, 0.15) is 20.1 Å². The molecule has 142 valence electrons. The van der Waals surface area contributed by atoms with E-state index >= 15 is 0 Å². The van der Waals surface area contributed by atoms with Crippen LogP contribution in [0.25, 0.3) is 0 Å². The lowest BCUT2D eigenvalue weighted by atomic mass is 10.1. The molecular formula is C21H18N2O4S. The van der Waals surface area contributed by atoms with Crippen molar-refractivity contribution in [3.8, 4) is 5.75 Å². The minimum Gasteiger partial charge on any atom is -0.497 e. The highest BCUT2D eigenvalue weighted by Gasteiger charge is 2.15. The van der Waals surface area contributed by atoms with Crippen molar-refractivity contribution in [3.63, 3.8) is 0 Å². The molecule has 3 rings (SSSR count). The molecule has 7 heteroatoms. The minimum atomic E-state index is -0.762. The zero-order valence-corrected chi connectivity index (χ0v) is 15.9. The summed E-state index contributed by atoms with van der Waals surface area (Å²) >= 11 is 1.29. The molecule has 0 spiro atoms. The first-order valence-corrected chi connectivity index (χ1v) is 9.30. The molecule has 0 aliphatic heterocycles. The molecule has 1 aromatic heterocycles. The van der Waals surface area contributed by atoms with E-state index in [0.29, 0.717) is 21.9 Å². The van der Waals surface area contributed by atoms with Gasteiger partial charge in [0, 0.05) is 16.1 Å². The van der Waals surface area contributed by atoms with Crippen LogP contribution in [0.2, 0.25) is 0 Å². The summed E-state index contributed by atoms with van der Waals surface area (Å²) in [5.74, 6) is -0.927. The van der Waals surface area contributed by atoms with Crippen LogP contribution in [-0.2, 0) is 16.1 Å². The Balaban J connectivity index is 1.53. The van der Waals surface area contributed by atoms with Crippen LogP contribution in [0.5, 0.6) is 5.75 Å². The molecule has 2 aromatic carbocycles. The molecule has 0 aliphatic rings. The maximum atomic E-state index is 12.4. The average molecular weight is 394 g/mol. The van der Waals surface area contributed by atoms with Crippen molar-refractivity contribution in [1.82, 2.24) is 5.32 Å². The first kappa shape index (κ1) is 19.3. The molecule has 3 aromatic rings. The zero-order valence-electron chi connectivity index (χ0n) is 15.1. The molecule has 2 N–H and O–H groups in total. The molecule has 2 amide bonds. The van der Waals surface area contributed by atoms with Crippen LogP contribution in [0.4, 0.5) is 5.69 Å². The second kappa shape index (κ2) is 8.96. The molecule has 0 unspecified atom stereocenters. The van der Waals surface area contributed by atoms with E-state index in [1.54, 1.807) is 55.6 Å². The molecule has 0 radical (unpaired) electrons. The fourth-order valence-corrected chi connectivity index (χ4v) is 3.35. The van der Waals surface area contributed by atoms with E-state index in [4.69, 9.17) is 4.74 Å². The third kappa shape index (κ3) is 4.83. The summed E-state index contributed by atoms with van der Waals surface area (Å²) in [4.78, 5) is 37.7. The first-order chi connectivity index (χ1) is 13.6. The Kier molecular flexibility index (Phi) is 6.18. The van der Waals surface area contributed by atoms with Crippen LogP contribution in [0.15, 0.2) is 66.7 Å². The summed E-state index contributed by atoms with van der Waals surface area (Å²) in [5, 5.41) is 5.07. The van der Waals surface area contributed by atoms with Gasteiger partial charge in [-0.3, -0.25) is 14.4 Å². The van der Waals surface area contributed by atoms with Gasteiger partial charge >= 0.3 is 11.8 Å². The maximum absolute atomic E-state index is 12.4. The van der Waals surface area contributed by atoms with Gasteiger partial charge < -0.3 is 15.4 Å². The summed E-state index contributed by atoms with van der Waals surface area (Å²) in [7, 11) is 1.55. The summed E-state index contributed by atoms with van der Waals surface area (Å²) in [6.07, 6.45) is 0. The van der Waals surface area contributed by atoms with Crippen molar-refractivity contribution < 1.29 is 19.1 Å². The number of carbonyl (C=O) groups is 3. The summed E-state index contributed by atoms with van der Waals surface area (Å²) in [5.41, 5.74) is 1.10. The minimum absolute atomic E-state index is 0.0691. The quantitative estimate of drug-likeness (QED) is 0.497. The van der Waals surface area contributed by atoms with Crippen molar-refractivity contribution in [2.75, 3.05) is 12.4 Å². The van der Waals surface area contributed by atoms with Crippen molar-refractivity contribution in [3.05, 3.63) is 82.0 Å². The zero-order chi connectivity index (χ0) is 19.9. The van der Waals surface area contributed by atoms with Gasteiger partial charge in [-0.25, -0.2) is 0 Å². The van der Waals surface area contributed by atoms with Crippen LogP contribution >= 0.6 is 11.3 Å². The van der Waals surface area contributed by atoms with E-state index in [-0.39, 0.29) is 12.3 Å². The number of thiophene rings is 1. The second-order valence-electron chi connectivity index (χ2n) is 5.83. The number of carbonyl (C=O) groups excluding carboxylic acids is 3. The topological polar surface area (TPSA) is 84.5 Å².